The van der Waals surface area contributed by atoms with Gasteiger partial charge in [-0.3, -0.25) is 14.5 Å². The summed E-state index contributed by atoms with van der Waals surface area (Å²) in [5, 5.41) is 3.56. The smallest absolute Gasteiger partial charge is 0.242 e. The summed E-state index contributed by atoms with van der Waals surface area (Å²) in [6.45, 7) is 5.05. The average molecular weight is 472 g/mol. The van der Waals surface area contributed by atoms with Crippen molar-refractivity contribution in [3.8, 4) is 0 Å². The highest BCUT2D eigenvalue weighted by Gasteiger charge is 2.40. The van der Waals surface area contributed by atoms with E-state index in [1.807, 2.05) is 38.1 Å². The number of thioether (sulfide) groups is 1. The lowest BCUT2D eigenvalue weighted by Gasteiger charge is -2.20. The number of aryl methyl sites for hydroxylation is 1. The van der Waals surface area contributed by atoms with E-state index in [1.165, 1.54) is 11.8 Å². The zero-order valence-corrected chi connectivity index (χ0v) is 19.7. The summed E-state index contributed by atoms with van der Waals surface area (Å²) in [6, 6.07) is 13.2. The number of amidine groups is 1. The van der Waals surface area contributed by atoms with Gasteiger partial charge in [0.2, 0.25) is 11.8 Å². The van der Waals surface area contributed by atoms with Crippen molar-refractivity contribution in [1.82, 2.24) is 4.90 Å². The van der Waals surface area contributed by atoms with Gasteiger partial charge in [0.15, 0.2) is 5.17 Å². The molecule has 0 radical (unpaired) electrons. The lowest BCUT2D eigenvalue weighted by molar-refractivity contribution is -0.129. The van der Waals surface area contributed by atoms with Gasteiger partial charge in [-0.15, -0.1) is 0 Å². The Morgan fingerprint density at radius 2 is 2.03 bits per heavy atom. The Morgan fingerprint density at radius 3 is 2.75 bits per heavy atom. The van der Waals surface area contributed by atoms with E-state index in [1.54, 1.807) is 23.1 Å². The molecule has 2 amide bonds. The Bertz CT molecular complexity index is 1040. The molecular weight excluding hydrogens is 446 g/mol. The largest absolute Gasteiger partial charge is 0.376 e. The number of ether oxygens (including phenoxy) is 1. The van der Waals surface area contributed by atoms with Crippen LogP contribution in [0.5, 0.6) is 0 Å². The Kier molecular flexibility index (Phi) is 7.18. The number of amides is 2. The maximum absolute atomic E-state index is 13.2. The summed E-state index contributed by atoms with van der Waals surface area (Å²) in [5.41, 5.74) is 3.38. The molecule has 2 fully saturated rings. The highest BCUT2D eigenvalue weighted by molar-refractivity contribution is 8.15. The second kappa shape index (κ2) is 10.1. The first kappa shape index (κ1) is 22.8. The van der Waals surface area contributed by atoms with Crippen molar-refractivity contribution < 1.29 is 14.3 Å². The maximum atomic E-state index is 13.2. The normalized spacial score (nSPS) is 22.0. The number of rotatable bonds is 6. The molecule has 0 aromatic heterocycles. The summed E-state index contributed by atoms with van der Waals surface area (Å²) >= 11 is 7.49. The van der Waals surface area contributed by atoms with Crippen molar-refractivity contribution in [3.63, 3.8) is 0 Å². The van der Waals surface area contributed by atoms with Gasteiger partial charge in [0.1, 0.15) is 5.25 Å². The van der Waals surface area contributed by atoms with Crippen molar-refractivity contribution in [2.45, 2.75) is 44.5 Å². The van der Waals surface area contributed by atoms with Gasteiger partial charge in [-0.25, -0.2) is 4.99 Å². The predicted molar refractivity (Wildman–Crippen MR) is 130 cm³/mol. The number of nitrogens with one attached hydrogen (secondary N) is 1. The van der Waals surface area contributed by atoms with E-state index in [0.29, 0.717) is 22.4 Å². The summed E-state index contributed by atoms with van der Waals surface area (Å²) in [6.07, 6.45) is 1.98. The zero-order chi connectivity index (χ0) is 22.7. The molecule has 2 saturated heterocycles. The minimum atomic E-state index is -0.528. The number of anilines is 1. The third kappa shape index (κ3) is 5.34. The Hall–Kier alpha value is -2.35. The molecule has 8 heteroatoms. The Labute approximate surface area is 197 Å². The summed E-state index contributed by atoms with van der Waals surface area (Å²) < 4.78 is 5.75. The molecule has 4 rings (SSSR count). The van der Waals surface area contributed by atoms with Crippen LogP contribution in [0.1, 0.15) is 30.4 Å². The van der Waals surface area contributed by atoms with E-state index in [4.69, 9.17) is 21.3 Å². The molecule has 2 heterocycles. The fourth-order valence-electron chi connectivity index (χ4n) is 3.73. The van der Waals surface area contributed by atoms with Crippen LogP contribution in [0.15, 0.2) is 47.5 Å². The minimum absolute atomic E-state index is 0.00412. The van der Waals surface area contributed by atoms with Crippen LogP contribution in [-0.2, 0) is 14.3 Å². The predicted octanol–water partition coefficient (Wildman–Crippen LogP) is 5.10. The highest BCUT2D eigenvalue weighted by atomic mass is 35.5. The van der Waals surface area contributed by atoms with Crippen LogP contribution in [0.2, 0.25) is 5.02 Å². The fourth-order valence-corrected chi connectivity index (χ4v) is 5.07. The molecular formula is C24H26ClN3O3S. The van der Waals surface area contributed by atoms with Gasteiger partial charge in [-0.2, -0.15) is 0 Å². The molecule has 2 aliphatic rings. The zero-order valence-electron chi connectivity index (χ0n) is 18.1. The van der Waals surface area contributed by atoms with Crippen LogP contribution in [-0.4, -0.2) is 46.4 Å². The standard InChI is InChI=1S/C24H26ClN3O3S/c1-15-8-10-17(11-9-15)26-24-28(14-18-5-4-12-31-18)23(30)21(32-24)13-22(29)27-20-7-3-6-19(25)16(20)2/h3,6-11,18,21H,4-5,12-14H2,1-2H3,(H,27,29)/t18-,21+/m1/s1. The number of carbonyl (C=O) groups excluding carboxylic acids is 2. The topological polar surface area (TPSA) is 71.0 Å². The first-order valence-corrected chi connectivity index (χ1v) is 12.0. The SMILES string of the molecule is Cc1ccc(N=C2S[C@@H](CC(=O)Nc3cccc(Cl)c3C)C(=O)N2C[C@H]2CCCO2)cc1. The van der Waals surface area contributed by atoms with E-state index in [2.05, 4.69) is 5.32 Å². The van der Waals surface area contributed by atoms with Gasteiger partial charge in [-0.05, 0) is 56.5 Å². The molecule has 0 spiro atoms. The van der Waals surface area contributed by atoms with Crippen molar-refractivity contribution in [2.24, 2.45) is 4.99 Å². The van der Waals surface area contributed by atoms with Crippen LogP contribution in [0.25, 0.3) is 0 Å². The number of hydrogen-bond donors (Lipinski definition) is 1. The first-order chi connectivity index (χ1) is 15.4. The molecule has 0 saturated carbocycles. The molecule has 2 aliphatic heterocycles. The molecule has 32 heavy (non-hydrogen) atoms. The second-order valence-electron chi connectivity index (χ2n) is 8.08. The molecule has 0 aliphatic carbocycles. The van der Waals surface area contributed by atoms with E-state index in [0.717, 1.165) is 36.3 Å². The number of nitrogens with zero attached hydrogens (tertiary/aromatic N) is 2. The van der Waals surface area contributed by atoms with Crippen LogP contribution >= 0.6 is 23.4 Å². The fraction of sp³-hybridized carbons (Fsp3) is 0.375. The summed E-state index contributed by atoms with van der Waals surface area (Å²) in [7, 11) is 0. The van der Waals surface area contributed by atoms with Gasteiger partial charge in [0, 0.05) is 23.7 Å². The molecule has 2 atom stereocenters. The molecule has 0 unspecified atom stereocenters. The second-order valence-corrected chi connectivity index (χ2v) is 9.66. The third-order valence-corrected chi connectivity index (χ3v) is 7.19. The Balaban J connectivity index is 1.50. The van der Waals surface area contributed by atoms with E-state index in [9.17, 15) is 9.59 Å². The van der Waals surface area contributed by atoms with Crippen LogP contribution in [0, 0.1) is 13.8 Å². The van der Waals surface area contributed by atoms with Gasteiger partial charge in [0.05, 0.1) is 18.3 Å². The molecule has 1 N–H and O–H groups in total. The molecule has 168 valence electrons. The van der Waals surface area contributed by atoms with Gasteiger partial charge < -0.3 is 10.1 Å². The lowest BCUT2D eigenvalue weighted by Crippen LogP contribution is -2.38. The lowest BCUT2D eigenvalue weighted by atomic mass is 10.2. The van der Waals surface area contributed by atoms with Crippen LogP contribution < -0.4 is 5.32 Å². The quantitative estimate of drug-likeness (QED) is 0.636. The number of halogens is 1. The summed E-state index contributed by atoms with van der Waals surface area (Å²) in [5.74, 6) is -0.329. The van der Waals surface area contributed by atoms with E-state index in [-0.39, 0.29) is 24.3 Å². The Morgan fingerprint density at radius 1 is 1.25 bits per heavy atom. The molecule has 6 nitrogen and oxygen atoms in total. The van der Waals surface area contributed by atoms with Crippen molar-refractivity contribution >= 4 is 51.7 Å². The molecule has 0 bridgehead atoms. The minimum Gasteiger partial charge on any atom is -0.376 e. The molecule has 2 aromatic carbocycles. The third-order valence-electron chi connectivity index (χ3n) is 5.60. The number of benzene rings is 2. The van der Waals surface area contributed by atoms with Gasteiger partial charge in [-0.1, -0.05) is 47.1 Å². The van der Waals surface area contributed by atoms with Crippen LogP contribution in [0.3, 0.4) is 0 Å². The van der Waals surface area contributed by atoms with Gasteiger partial charge in [0.25, 0.3) is 0 Å². The maximum Gasteiger partial charge on any atom is 0.242 e. The van der Waals surface area contributed by atoms with Gasteiger partial charge >= 0.3 is 0 Å². The monoisotopic (exact) mass is 471 g/mol. The molecule has 2 aromatic rings. The van der Waals surface area contributed by atoms with Crippen LogP contribution in [0.4, 0.5) is 11.4 Å². The average Bonchev–Trinajstić information content (AvgIpc) is 3.37. The van der Waals surface area contributed by atoms with Crippen molar-refractivity contribution in [3.05, 3.63) is 58.6 Å². The summed E-state index contributed by atoms with van der Waals surface area (Å²) in [4.78, 5) is 32.4. The number of carbonyl (C=O) groups is 2. The van der Waals surface area contributed by atoms with Crippen molar-refractivity contribution in [2.75, 3.05) is 18.5 Å². The first-order valence-electron chi connectivity index (χ1n) is 10.7. The van der Waals surface area contributed by atoms with E-state index < -0.39 is 5.25 Å². The van der Waals surface area contributed by atoms with E-state index >= 15 is 0 Å². The number of aliphatic imine (C=N–C) groups is 1. The van der Waals surface area contributed by atoms with Crippen molar-refractivity contribution in [1.29, 1.82) is 0 Å². The highest BCUT2D eigenvalue weighted by Crippen LogP contribution is 2.33. The number of hydrogen-bond acceptors (Lipinski definition) is 5.